The van der Waals surface area contributed by atoms with Gasteiger partial charge in [-0.3, -0.25) is 4.79 Å². The van der Waals surface area contributed by atoms with Gasteiger partial charge in [-0.25, -0.2) is 9.78 Å². The number of carbonyl (C=O) groups is 2. The van der Waals surface area contributed by atoms with Crippen LogP contribution < -0.4 is 5.32 Å². The molecule has 0 unspecified atom stereocenters. The lowest BCUT2D eigenvalue weighted by Crippen LogP contribution is -2.13. The second-order valence-corrected chi connectivity index (χ2v) is 7.52. The number of pyridine rings is 1. The van der Waals surface area contributed by atoms with E-state index in [1.807, 2.05) is 48.5 Å². The first kappa shape index (κ1) is 19.8. The Morgan fingerprint density at radius 2 is 1.70 bits per heavy atom. The molecule has 1 N–H and O–H groups in total. The van der Waals surface area contributed by atoms with E-state index < -0.39 is 5.97 Å². The van der Waals surface area contributed by atoms with E-state index in [2.05, 4.69) is 21.2 Å². The Kier molecular flexibility index (Phi) is 5.59. The summed E-state index contributed by atoms with van der Waals surface area (Å²) in [5, 5.41) is 3.66. The first-order valence-electron chi connectivity index (χ1n) is 9.20. The number of nitrogens with zero attached hydrogens (tertiary/aromatic N) is 1. The molecule has 0 radical (unpaired) electrons. The standard InChI is InChI=1S/C24H17BrN2O3/c1-30-24(29)15-9-11-18(12-10-15)26-23(28)20-14-22(16-5-4-6-17(25)13-16)27-21-8-3-2-7-19(20)21/h2-14H,1H3,(H,26,28). The van der Waals surface area contributed by atoms with Gasteiger partial charge in [0.05, 0.1) is 29.4 Å². The van der Waals surface area contributed by atoms with Crippen molar-refractivity contribution in [2.75, 3.05) is 12.4 Å². The fourth-order valence-electron chi connectivity index (χ4n) is 3.16. The zero-order valence-electron chi connectivity index (χ0n) is 16.1. The maximum atomic E-state index is 13.1. The fraction of sp³-hybridized carbons (Fsp3) is 0.0417. The Balaban J connectivity index is 1.72. The molecule has 148 valence electrons. The number of aromatic nitrogens is 1. The molecule has 30 heavy (non-hydrogen) atoms. The highest BCUT2D eigenvalue weighted by molar-refractivity contribution is 9.10. The molecule has 1 amide bonds. The third-order valence-corrected chi connectivity index (χ3v) is 5.14. The van der Waals surface area contributed by atoms with Gasteiger partial charge in [-0.1, -0.05) is 46.3 Å². The topological polar surface area (TPSA) is 68.3 Å². The van der Waals surface area contributed by atoms with Gasteiger partial charge in [0.15, 0.2) is 0 Å². The van der Waals surface area contributed by atoms with Crippen LogP contribution in [0.2, 0.25) is 0 Å². The van der Waals surface area contributed by atoms with Gasteiger partial charge < -0.3 is 10.1 Å². The molecule has 0 atom stereocenters. The smallest absolute Gasteiger partial charge is 0.337 e. The molecule has 1 heterocycles. The molecule has 3 aromatic carbocycles. The van der Waals surface area contributed by atoms with Crippen molar-refractivity contribution in [1.82, 2.24) is 4.98 Å². The zero-order chi connectivity index (χ0) is 21.1. The fourth-order valence-corrected chi connectivity index (χ4v) is 3.56. The average Bonchev–Trinajstić information content (AvgIpc) is 2.78. The number of hydrogen-bond donors (Lipinski definition) is 1. The Hall–Kier alpha value is -3.51. The Bertz CT molecular complexity index is 1250. The molecule has 0 aliphatic heterocycles. The van der Waals surface area contributed by atoms with Crippen molar-refractivity contribution in [2.45, 2.75) is 0 Å². The highest BCUT2D eigenvalue weighted by atomic mass is 79.9. The Labute approximate surface area is 181 Å². The number of benzene rings is 3. The van der Waals surface area contributed by atoms with Crippen LogP contribution in [0.1, 0.15) is 20.7 Å². The van der Waals surface area contributed by atoms with Crippen molar-refractivity contribution < 1.29 is 14.3 Å². The van der Waals surface area contributed by atoms with E-state index in [1.165, 1.54) is 7.11 Å². The Morgan fingerprint density at radius 3 is 2.43 bits per heavy atom. The molecule has 0 saturated carbocycles. The molecule has 6 heteroatoms. The molecule has 0 bridgehead atoms. The van der Waals surface area contributed by atoms with Crippen LogP contribution >= 0.6 is 15.9 Å². The normalized spacial score (nSPS) is 10.6. The summed E-state index contributed by atoms with van der Waals surface area (Å²) in [5.74, 6) is -0.678. The number of halogens is 1. The summed E-state index contributed by atoms with van der Waals surface area (Å²) in [5.41, 5.74) is 3.88. The quantitative estimate of drug-likeness (QED) is 0.396. The minimum Gasteiger partial charge on any atom is -0.465 e. The van der Waals surface area contributed by atoms with Crippen LogP contribution in [0.4, 0.5) is 5.69 Å². The highest BCUT2D eigenvalue weighted by Crippen LogP contribution is 2.27. The molecule has 0 aliphatic carbocycles. The first-order chi connectivity index (χ1) is 14.5. The van der Waals surface area contributed by atoms with Gasteiger partial charge in [0.1, 0.15) is 0 Å². The van der Waals surface area contributed by atoms with Crippen LogP contribution in [0.3, 0.4) is 0 Å². The summed E-state index contributed by atoms with van der Waals surface area (Å²) < 4.78 is 5.64. The zero-order valence-corrected chi connectivity index (χ0v) is 17.6. The lowest BCUT2D eigenvalue weighted by Gasteiger charge is -2.11. The molecule has 0 fully saturated rings. The number of rotatable bonds is 4. The van der Waals surface area contributed by atoms with Gasteiger partial charge >= 0.3 is 5.97 Å². The molecule has 1 aromatic heterocycles. The average molecular weight is 461 g/mol. The minimum absolute atomic E-state index is 0.254. The summed E-state index contributed by atoms with van der Waals surface area (Å²) in [6.07, 6.45) is 0. The van der Waals surface area contributed by atoms with Crippen LogP contribution in [-0.2, 0) is 4.74 Å². The number of nitrogens with one attached hydrogen (secondary N) is 1. The van der Waals surface area contributed by atoms with Crippen molar-refractivity contribution in [3.8, 4) is 11.3 Å². The van der Waals surface area contributed by atoms with E-state index in [4.69, 9.17) is 9.72 Å². The molecule has 4 rings (SSSR count). The van der Waals surface area contributed by atoms with Gasteiger partial charge in [0.25, 0.3) is 5.91 Å². The Morgan fingerprint density at radius 1 is 0.933 bits per heavy atom. The summed E-state index contributed by atoms with van der Waals surface area (Å²) in [6.45, 7) is 0. The van der Waals surface area contributed by atoms with Crippen LogP contribution in [-0.4, -0.2) is 24.0 Å². The summed E-state index contributed by atoms with van der Waals surface area (Å²) in [7, 11) is 1.33. The van der Waals surface area contributed by atoms with Crippen LogP contribution in [0.15, 0.2) is 83.3 Å². The van der Waals surface area contributed by atoms with E-state index >= 15 is 0 Å². The molecule has 5 nitrogen and oxygen atoms in total. The van der Waals surface area contributed by atoms with Crippen molar-refractivity contribution in [1.29, 1.82) is 0 Å². The summed E-state index contributed by atoms with van der Waals surface area (Å²) in [4.78, 5) is 29.4. The number of methoxy groups -OCH3 is 1. The maximum absolute atomic E-state index is 13.1. The number of esters is 1. The molecule has 0 spiro atoms. The number of hydrogen-bond acceptors (Lipinski definition) is 4. The highest BCUT2D eigenvalue weighted by Gasteiger charge is 2.15. The predicted molar refractivity (Wildman–Crippen MR) is 121 cm³/mol. The number of para-hydroxylation sites is 1. The first-order valence-corrected chi connectivity index (χ1v) is 10.00. The molecule has 0 saturated heterocycles. The van der Waals surface area contributed by atoms with E-state index in [0.29, 0.717) is 22.5 Å². The van der Waals surface area contributed by atoms with Crippen molar-refractivity contribution in [3.63, 3.8) is 0 Å². The van der Waals surface area contributed by atoms with E-state index in [-0.39, 0.29) is 5.91 Å². The van der Waals surface area contributed by atoms with Crippen LogP contribution in [0, 0.1) is 0 Å². The second kappa shape index (κ2) is 8.47. The third-order valence-electron chi connectivity index (χ3n) is 4.65. The van der Waals surface area contributed by atoms with Gasteiger partial charge in [0.2, 0.25) is 0 Å². The van der Waals surface area contributed by atoms with Crippen LogP contribution in [0.5, 0.6) is 0 Å². The number of carbonyl (C=O) groups excluding carboxylic acids is 2. The van der Waals surface area contributed by atoms with Gasteiger partial charge in [-0.05, 0) is 48.5 Å². The second-order valence-electron chi connectivity index (χ2n) is 6.61. The SMILES string of the molecule is COC(=O)c1ccc(NC(=O)c2cc(-c3cccc(Br)c3)nc3ccccc23)cc1. The van der Waals surface area contributed by atoms with Crippen molar-refractivity contribution in [3.05, 3.63) is 94.5 Å². The lowest BCUT2D eigenvalue weighted by atomic mass is 10.0. The number of ether oxygens (including phenoxy) is 1. The molecule has 4 aromatic rings. The molecular weight excluding hydrogens is 444 g/mol. The van der Waals surface area contributed by atoms with Gasteiger partial charge in [-0.2, -0.15) is 0 Å². The summed E-state index contributed by atoms with van der Waals surface area (Å²) >= 11 is 3.48. The number of fused-ring (bicyclic) bond motifs is 1. The number of amides is 1. The van der Waals surface area contributed by atoms with Crippen molar-refractivity contribution >= 4 is 44.4 Å². The van der Waals surface area contributed by atoms with E-state index in [0.717, 1.165) is 20.9 Å². The molecular formula is C24H17BrN2O3. The lowest BCUT2D eigenvalue weighted by molar-refractivity contribution is 0.0600. The predicted octanol–water partition coefficient (Wildman–Crippen LogP) is 5.70. The van der Waals surface area contributed by atoms with E-state index in [1.54, 1.807) is 30.3 Å². The minimum atomic E-state index is -0.424. The molecule has 0 aliphatic rings. The van der Waals surface area contributed by atoms with Gasteiger partial charge in [0, 0.05) is 21.1 Å². The third kappa shape index (κ3) is 4.09. The monoisotopic (exact) mass is 460 g/mol. The largest absolute Gasteiger partial charge is 0.465 e. The van der Waals surface area contributed by atoms with E-state index in [9.17, 15) is 9.59 Å². The maximum Gasteiger partial charge on any atom is 0.337 e. The number of anilines is 1. The summed E-state index contributed by atoms with van der Waals surface area (Å²) in [6, 6.07) is 23.7. The van der Waals surface area contributed by atoms with Gasteiger partial charge in [-0.15, -0.1) is 0 Å². The van der Waals surface area contributed by atoms with Crippen molar-refractivity contribution in [2.24, 2.45) is 0 Å². The van der Waals surface area contributed by atoms with Crippen LogP contribution in [0.25, 0.3) is 22.2 Å².